The summed E-state index contributed by atoms with van der Waals surface area (Å²) in [6.45, 7) is 8.78. The van der Waals surface area contributed by atoms with Gasteiger partial charge < -0.3 is 9.13 Å². The van der Waals surface area contributed by atoms with Crippen molar-refractivity contribution in [1.82, 2.24) is 9.13 Å². The SMILES string of the molecule is [2H]c1c([2H])c([2H])c(-c2ccc3c(c2)c2cc(-n4c5ccc(C)cc5c5cc(C)ccc54)ccc2n3-c2ccccc2C(C)(C)c2ccccc2)c([2H])c1[2H]. The summed E-state index contributed by atoms with van der Waals surface area (Å²) in [6, 6.07) is 43.4. The Kier molecular flexibility index (Phi) is 5.51. The minimum absolute atomic E-state index is 0.193. The van der Waals surface area contributed by atoms with Crippen LogP contribution in [0.3, 0.4) is 0 Å². The summed E-state index contributed by atoms with van der Waals surface area (Å²) in [4.78, 5) is 0. The monoisotopic (exact) mass is 635 g/mol. The molecule has 236 valence electrons. The van der Waals surface area contributed by atoms with Gasteiger partial charge in [-0.1, -0.05) is 122 Å². The zero-order chi connectivity index (χ0) is 37.6. The molecule has 2 aromatic heterocycles. The first-order valence-electron chi connectivity index (χ1n) is 19.3. The first kappa shape index (κ1) is 24.3. The standard InChI is InChI=1S/C47H38N2/c1-31-19-23-42-37(27-31)38-28-32(2)20-24-43(38)48(42)36-22-26-45-40(30-36)39-29-34(33-13-7-5-8-14-33)21-25-44(39)49(45)46-18-12-11-17-41(46)47(3,4)35-15-9-6-10-16-35/h5-30H,1-4H3/i5D,7D,8D,13D,14D. The Hall–Kier alpha value is -5.86. The maximum atomic E-state index is 8.79. The Morgan fingerprint density at radius 1 is 0.490 bits per heavy atom. The van der Waals surface area contributed by atoms with E-state index in [4.69, 9.17) is 6.85 Å². The summed E-state index contributed by atoms with van der Waals surface area (Å²) in [7, 11) is 0. The van der Waals surface area contributed by atoms with E-state index in [0.29, 0.717) is 5.56 Å². The highest BCUT2D eigenvalue weighted by molar-refractivity contribution is 6.13. The van der Waals surface area contributed by atoms with Crippen LogP contribution in [0.2, 0.25) is 0 Å². The average Bonchev–Trinajstić information content (AvgIpc) is 3.67. The van der Waals surface area contributed by atoms with Crippen molar-refractivity contribution < 1.29 is 6.85 Å². The second-order valence-electron chi connectivity index (χ2n) is 13.7. The summed E-state index contributed by atoms with van der Waals surface area (Å²) in [5.74, 6) is 0. The van der Waals surface area contributed by atoms with E-state index in [0.717, 1.165) is 44.2 Å². The molecule has 0 N–H and O–H groups in total. The number of nitrogens with zero attached hydrogens (tertiary/aromatic N) is 2. The molecule has 0 aliphatic rings. The van der Waals surface area contributed by atoms with Crippen LogP contribution < -0.4 is 0 Å². The molecule has 0 radical (unpaired) electrons. The minimum Gasteiger partial charge on any atom is -0.309 e. The molecule has 0 amide bonds. The van der Waals surface area contributed by atoms with E-state index >= 15 is 0 Å². The van der Waals surface area contributed by atoms with E-state index in [-0.39, 0.29) is 35.1 Å². The molecule has 9 rings (SSSR count). The molecular weight excluding hydrogens is 593 g/mol. The molecule has 0 unspecified atom stereocenters. The van der Waals surface area contributed by atoms with Crippen LogP contribution in [-0.4, -0.2) is 9.13 Å². The van der Waals surface area contributed by atoms with Crippen LogP contribution in [0, 0.1) is 13.8 Å². The fourth-order valence-electron chi connectivity index (χ4n) is 7.70. The van der Waals surface area contributed by atoms with Crippen LogP contribution in [0.1, 0.15) is 43.0 Å². The smallest absolute Gasteiger partial charge is 0.0629 e. The highest BCUT2D eigenvalue weighted by atomic mass is 15.0. The summed E-state index contributed by atoms with van der Waals surface area (Å²) >= 11 is 0. The van der Waals surface area contributed by atoms with Gasteiger partial charge in [0.15, 0.2) is 0 Å². The third-order valence-electron chi connectivity index (χ3n) is 10.2. The molecule has 49 heavy (non-hydrogen) atoms. The fourth-order valence-corrected chi connectivity index (χ4v) is 7.70. The van der Waals surface area contributed by atoms with Crippen molar-refractivity contribution in [2.75, 3.05) is 0 Å². The molecule has 2 heteroatoms. The average molecular weight is 636 g/mol. The third-order valence-corrected chi connectivity index (χ3v) is 10.2. The molecule has 9 aromatic rings. The largest absolute Gasteiger partial charge is 0.309 e. The van der Waals surface area contributed by atoms with Gasteiger partial charge in [0, 0.05) is 32.6 Å². The summed E-state index contributed by atoms with van der Waals surface area (Å²) in [5.41, 5.74) is 11.5. The molecule has 7 aromatic carbocycles. The van der Waals surface area contributed by atoms with Gasteiger partial charge in [0.1, 0.15) is 0 Å². The zero-order valence-corrected chi connectivity index (χ0v) is 28.0. The predicted octanol–water partition coefficient (Wildman–Crippen LogP) is 12.5. The Bertz CT molecular complexity index is 2900. The van der Waals surface area contributed by atoms with E-state index in [1.165, 1.54) is 33.0 Å². The molecule has 0 spiro atoms. The number of aryl methyl sites for hydroxylation is 2. The van der Waals surface area contributed by atoms with Gasteiger partial charge >= 0.3 is 0 Å². The van der Waals surface area contributed by atoms with Gasteiger partial charge in [-0.15, -0.1) is 0 Å². The summed E-state index contributed by atoms with van der Waals surface area (Å²) in [6.07, 6.45) is 0. The lowest BCUT2D eigenvalue weighted by atomic mass is 9.77. The van der Waals surface area contributed by atoms with Crippen molar-refractivity contribution in [3.05, 3.63) is 180 Å². The maximum absolute atomic E-state index is 8.79. The van der Waals surface area contributed by atoms with E-state index in [2.05, 4.69) is 140 Å². The fraction of sp³-hybridized carbons (Fsp3) is 0.106. The van der Waals surface area contributed by atoms with E-state index in [9.17, 15) is 0 Å². The Labute approximate surface area is 294 Å². The third kappa shape index (κ3) is 4.63. The number of para-hydroxylation sites is 1. The number of hydrogen-bond acceptors (Lipinski definition) is 0. The molecule has 2 heterocycles. The lowest BCUT2D eigenvalue weighted by Gasteiger charge is -2.29. The first-order chi connectivity index (χ1) is 26.0. The van der Waals surface area contributed by atoms with Crippen molar-refractivity contribution in [3.63, 3.8) is 0 Å². The highest BCUT2D eigenvalue weighted by Crippen LogP contribution is 2.42. The molecule has 0 bridgehead atoms. The minimum atomic E-state index is -0.398. The molecule has 0 atom stereocenters. The second kappa shape index (κ2) is 11.1. The van der Waals surface area contributed by atoms with Gasteiger partial charge in [-0.2, -0.15) is 0 Å². The Balaban J connectivity index is 1.38. The van der Waals surface area contributed by atoms with Crippen molar-refractivity contribution in [2.24, 2.45) is 0 Å². The van der Waals surface area contributed by atoms with Gasteiger partial charge in [0.05, 0.1) is 34.6 Å². The molecule has 0 aliphatic heterocycles. The highest BCUT2D eigenvalue weighted by Gasteiger charge is 2.28. The summed E-state index contributed by atoms with van der Waals surface area (Å²) < 4.78 is 47.2. The van der Waals surface area contributed by atoms with Crippen molar-refractivity contribution in [3.8, 4) is 22.5 Å². The van der Waals surface area contributed by atoms with Crippen molar-refractivity contribution in [2.45, 2.75) is 33.1 Å². The van der Waals surface area contributed by atoms with Crippen LogP contribution in [0.5, 0.6) is 0 Å². The lowest BCUT2D eigenvalue weighted by Crippen LogP contribution is -2.21. The number of hydrogen-bond donors (Lipinski definition) is 0. The van der Waals surface area contributed by atoms with Crippen LogP contribution in [0.4, 0.5) is 0 Å². The van der Waals surface area contributed by atoms with E-state index in [1.54, 1.807) is 0 Å². The number of rotatable bonds is 5. The van der Waals surface area contributed by atoms with Crippen LogP contribution in [0.25, 0.3) is 66.1 Å². The van der Waals surface area contributed by atoms with Gasteiger partial charge in [-0.3, -0.25) is 0 Å². The molecular formula is C47H38N2. The second-order valence-corrected chi connectivity index (χ2v) is 13.7. The maximum Gasteiger partial charge on any atom is 0.0629 e. The molecule has 0 aliphatic carbocycles. The van der Waals surface area contributed by atoms with Crippen molar-refractivity contribution in [1.29, 1.82) is 0 Å². The Morgan fingerprint density at radius 2 is 1.04 bits per heavy atom. The number of benzene rings is 7. The lowest BCUT2D eigenvalue weighted by molar-refractivity contribution is 0.637. The van der Waals surface area contributed by atoms with Crippen LogP contribution in [-0.2, 0) is 5.41 Å². The zero-order valence-electron chi connectivity index (χ0n) is 33.0. The molecule has 0 saturated carbocycles. The number of fused-ring (bicyclic) bond motifs is 6. The van der Waals surface area contributed by atoms with E-state index < -0.39 is 6.04 Å². The van der Waals surface area contributed by atoms with Gasteiger partial charge in [-0.25, -0.2) is 0 Å². The Morgan fingerprint density at radius 3 is 1.73 bits per heavy atom. The molecule has 2 nitrogen and oxygen atoms in total. The number of aromatic nitrogens is 2. The normalized spacial score (nSPS) is 13.5. The van der Waals surface area contributed by atoms with Crippen LogP contribution in [0.15, 0.2) is 158 Å². The quantitative estimate of drug-likeness (QED) is 0.178. The topological polar surface area (TPSA) is 9.86 Å². The van der Waals surface area contributed by atoms with Crippen LogP contribution >= 0.6 is 0 Å². The van der Waals surface area contributed by atoms with Gasteiger partial charge in [-0.05, 0) is 96.8 Å². The van der Waals surface area contributed by atoms with Gasteiger partial charge in [0.25, 0.3) is 0 Å². The van der Waals surface area contributed by atoms with Gasteiger partial charge in [0.2, 0.25) is 0 Å². The molecule has 0 fully saturated rings. The van der Waals surface area contributed by atoms with E-state index in [1.807, 2.05) is 24.3 Å². The molecule has 0 saturated heterocycles. The summed E-state index contributed by atoms with van der Waals surface area (Å²) in [5, 5.41) is 4.34. The predicted molar refractivity (Wildman–Crippen MR) is 209 cm³/mol. The first-order valence-corrected chi connectivity index (χ1v) is 16.8. The van der Waals surface area contributed by atoms with Crippen molar-refractivity contribution >= 4 is 43.6 Å².